The van der Waals surface area contributed by atoms with Gasteiger partial charge in [0.1, 0.15) is 17.5 Å². The number of nitrogen functional groups attached to an aromatic ring is 1. The maximum absolute atomic E-state index is 13.0. The Hall–Kier alpha value is -2.37. The third-order valence-electron chi connectivity index (χ3n) is 2.07. The molecule has 0 atom stereocenters. The van der Waals surface area contributed by atoms with E-state index in [1.54, 1.807) is 25.2 Å². The fraction of sp³-hybridized carbons (Fsp3) is 0.0909. The first kappa shape index (κ1) is 11.1. The summed E-state index contributed by atoms with van der Waals surface area (Å²) in [5.41, 5.74) is 6.22. The van der Waals surface area contributed by atoms with Gasteiger partial charge in [0, 0.05) is 18.8 Å². The van der Waals surface area contributed by atoms with Gasteiger partial charge < -0.3 is 16.4 Å². The van der Waals surface area contributed by atoms with E-state index in [1.165, 1.54) is 12.1 Å². The molecule has 0 saturated carbocycles. The maximum atomic E-state index is 13.0. The van der Waals surface area contributed by atoms with Gasteiger partial charge in [-0.15, -0.1) is 0 Å². The van der Waals surface area contributed by atoms with E-state index >= 15 is 0 Å². The van der Waals surface area contributed by atoms with Crippen molar-refractivity contribution in [3.05, 3.63) is 36.1 Å². The number of nitrogens with zero attached hydrogens (tertiary/aromatic N) is 2. The largest absolute Gasteiger partial charge is 0.383 e. The summed E-state index contributed by atoms with van der Waals surface area (Å²) in [5.74, 6) is 0.936. The smallest absolute Gasteiger partial charge is 0.226 e. The summed E-state index contributed by atoms with van der Waals surface area (Å²) in [4.78, 5) is 8.09. The van der Waals surface area contributed by atoms with Gasteiger partial charge in [-0.25, -0.2) is 4.39 Å². The lowest BCUT2D eigenvalue weighted by Crippen LogP contribution is -2.03. The number of hydrogen-bond donors (Lipinski definition) is 3. The Labute approximate surface area is 97.9 Å². The van der Waals surface area contributed by atoms with Crippen molar-refractivity contribution in [1.82, 2.24) is 9.97 Å². The van der Waals surface area contributed by atoms with E-state index < -0.39 is 0 Å². The molecule has 1 aromatic carbocycles. The Kier molecular flexibility index (Phi) is 3.04. The zero-order chi connectivity index (χ0) is 12.3. The Morgan fingerprint density at radius 1 is 1.24 bits per heavy atom. The van der Waals surface area contributed by atoms with E-state index in [2.05, 4.69) is 20.6 Å². The Balaban J connectivity index is 2.26. The SMILES string of the molecule is CNc1nc(N)cc(Nc2cccc(F)c2)n1. The third kappa shape index (κ3) is 2.81. The number of hydrogen-bond acceptors (Lipinski definition) is 5. The summed E-state index contributed by atoms with van der Waals surface area (Å²) < 4.78 is 13.0. The van der Waals surface area contributed by atoms with Crippen molar-refractivity contribution in [2.45, 2.75) is 0 Å². The highest BCUT2D eigenvalue weighted by molar-refractivity contribution is 5.60. The highest BCUT2D eigenvalue weighted by Gasteiger charge is 2.02. The van der Waals surface area contributed by atoms with Crippen LogP contribution in [-0.4, -0.2) is 17.0 Å². The first-order valence-corrected chi connectivity index (χ1v) is 5.02. The van der Waals surface area contributed by atoms with Crippen LogP contribution >= 0.6 is 0 Å². The van der Waals surface area contributed by atoms with Gasteiger partial charge in [0.15, 0.2) is 0 Å². The van der Waals surface area contributed by atoms with Crippen molar-refractivity contribution in [1.29, 1.82) is 0 Å². The van der Waals surface area contributed by atoms with Crippen molar-refractivity contribution in [2.24, 2.45) is 0 Å². The predicted molar refractivity (Wildman–Crippen MR) is 65.7 cm³/mol. The minimum Gasteiger partial charge on any atom is -0.383 e. The minimum absolute atomic E-state index is 0.314. The van der Waals surface area contributed by atoms with Gasteiger partial charge in [-0.1, -0.05) is 6.07 Å². The molecular formula is C11H12FN5. The third-order valence-corrected chi connectivity index (χ3v) is 2.07. The van der Waals surface area contributed by atoms with Crippen molar-refractivity contribution in [3.63, 3.8) is 0 Å². The lowest BCUT2D eigenvalue weighted by Gasteiger charge is -2.07. The topological polar surface area (TPSA) is 75.9 Å². The zero-order valence-corrected chi connectivity index (χ0v) is 9.24. The molecule has 5 nitrogen and oxygen atoms in total. The molecule has 2 rings (SSSR count). The minimum atomic E-state index is -0.314. The average Bonchev–Trinajstić information content (AvgIpc) is 2.28. The van der Waals surface area contributed by atoms with Crippen molar-refractivity contribution in [2.75, 3.05) is 23.4 Å². The van der Waals surface area contributed by atoms with Crippen LogP contribution in [0, 0.1) is 5.82 Å². The molecule has 0 aliphatic carbocycles. The summed E-state index contributed by atoms with van der Waals surface area (Å²) in [6, 6.07) is 7.67. The predicted octanol–water partition coefficient (Wildman–Crippen LogP) is 1.98. The second-order valence-corrected chi connectivity index (χ2v) is 3.39. The van der Waals surface area contributed by atoms with Crippen LogP contribution < -0.4 is 16.4 Å². The molecule has 0 aliphatic heterocycles. The highest BCUT2D eigenvalue weighted by atomic mass is 19.1. The van der Waals surface area contributed by atoms with E-state index in [9.17, 15) is 4.39 Å². The van der Waals surface area contributed by atoms with E-state index in [4.69, 9.17) is 5.73 Å². The number of nitrogens with two attached hydrogens (primary N) is 1. The van der Waals surface area contributed by atoms with Crippen LogP contribution in [0.2, 0.25) is 0 Å². The lowest BCUT2D eigenvalue weighted by molar-refractivity contribution is 0.628. The van der Waals surface area contributed by atoms with Crippen LogP contribution in [0.15, 0.2) is 30.3 Å². The van der Waals surface area contributed by atoms with E-state index in [0.29, 0.717) is 23.3 Å². The molecular weight excluding hydrogens is 221 g/mol. The van der Waals surface area contributed by atoms with Crippen molar-refractivity contribution in [3.8, 4) is 0 Å². The lowest BCUT2D eigenvalue weighted by atomic mass is 10.3. The van der Waals surface area contributed by atoms with Gasteiger partial charge >= 0.3 is 0 Å². The number of halogens is 1. The van der Waals surface area contributed by atoms with E-state index in [0.717, 1.165) is 0 Å². The van der Waals surface area contributed by atoms with Gasteiger partial charge in [-0.3, -0.25) is 0 Å². The quantitative estimate of drug-likeness (QED) is 0.755. The maximum Gasteiger partial charge on any atom is 0.226 e. The number of rotatable bonds is 3. The molecule has 17 heavy (non-hydrogen) atoms. The molecule has 2 aromatic rings. The average molecular weight is 233 g/mol. The van der Waals surface area contributed by atoms with Crippen LogP contribution in [-0.2, 0) is 0 Å². The number of aromatic nitrogens is 2. The molecule has 1 heterocycles. The molecule has 6 heteroatoms. The fourth-order valence-electron chi connectivity index (χ4n) is 1.36. The first-order chi connectivity index (χ1) is 8.17. The fourth-order valence-corrected chi connectivity index (χ4v) is 1.36. The molecule has 0 amide bonds. The van der Waals surface area contributed by atoms with E-state index in [1.807, 2.05) is 0 Å². The molecule has 0 unspecified atom stereocenters. The molecule has 0 fully saturated rings. The van der Waals surface area contributed by atoms with Gasteiger partial charge in [0.05, 0.1) is 0 Å². The van der Waals surface area contributed by atoms with Crippen LogP contribution in [0.1, 0.15) is 0 Å². The highest BCUT2D eigenvalue weighted by Crippen LogP contribution is 2.18. The Morgan fingerprint density at radius 2 is 2.06 bits per heavy atom. The normalized spacial score (nSPS) is 10.0. The van der Waals surface area contributed by atoms with Crippen molar-refractivity contribution >= 4 is 23.3 Å². The molecule has 0 radical (unpaired) electrons. The summed E-state index contributed by atoms with van der Waals surface area (Å²) in [6.45, 7) is 0. The molecule has 0 bridgehead atoms. The zero-order valence-electron chi connectivity index (χ0n) is 9.24. The second-order valence-electron chi connectivity index (χ2n) is 3.39. The molecule has 4 N–H and O–H groups in total. The van der Waals surface area contributed by atoms with Gasteiger partial charge in [0.2, 0.25) is 5.95 Å². The molecule has 0 spiro atoms. The van der Waals surface area contributed by atoms with Crippen LogP contribution in [0.5, 0.6) is 0 Å². The number of nitrogens with one attached hydrogen (secondary N) is 2. The monoisotopic (exact) mass is 233 g/mol. The number of benzene rings is 1. The molecule has 88 valence electrons. The summed E-state index contributed by atoms with van der Waals surface area (Å²) in [7, 11) is 1.70. The summed E-state index contributed by atoms with van der Waals surface area (Å²) in [5, 5.41) is 5.74. The molecule has 0 saturated heterocycles. The molecule has 1 aromatic heterocycles. The van der Waals surface area contributed by atoms with Crippen LogP contribution in [0.4, 0.5) is 27.7 Å². The van der Waals surface area contributed by atoms with Crippen LogP contribution in [0.3, 0.4) is 0 Å². The van der Waals surface area contributed by atoms with Gasteiger partial charge in [0.25, 0.3) is 0 Å². The van der Waals surface area contributed by atoms with E-state index in [-0.39, 0.29) is 5.82 Å². The van der Waals surface area contributed by atoms with Gasteiger partial charge in [-0.05, 0) is 18.2 Å². The summed E-state index contributed by atoms with van der Waals surface area (Å²) in [6.07, 6.45) is 0. The number of anilines is 4. The second kappa shape index (κ2) is 4.65. The standard InChI is InChI=1S/C11H12FN5/c1-14-11-16-9(13)6-10(17-11)15-8-4-2-3-7(12)5-8/h2-6H,1H3,(H4,13,14,15,16,17). The Morgan fingerprint density at radius 3 is 2.76 bits per heavy atom. The molecule has 0 aliphatic rings. The van der Waals surface area contributed by atoms with Crippen molar-refractivity contribution < 1.29 is 4.39 Å². The Bertz CT molecular complexity index is 529. The van der Waals surface area contributed by atoms with Gasteiger partial charge in [-0.2, -0.15) is 9.97 Å². The first-order valence-electron chi connectivity index (χ1n) is 5.02. The summed E-state index contributed by atoms with van der Waals surface area (Å²) >= 11 is 0. The van der Waals surface area contributed by atoms with Crippen LogP contribution in [0.25, 0.3) is 0 Å².